The molecule has 0 saturated carbocycles. The number of nitrogens with one attached hydrogen (secondary N) is 1. The van der Waals surface area contributed by atoms with Crippen LogP contribution < -0.4 is 5.32 Å². The summed E-state index contributed by atoms with van der Waals surface area (Å²) >= 11 is 5.98. The van der Waals surface area contributed by atoms with E-state index >= 15 is 0 Å². The first-order valence-corrected chi connectivity index (χ1v) is 7.74. The number of urea groups is 1. The Balaban J connectivity index is 1.81. The summed E-state index contributed by atoms with van der Waals surface area (Å²) in [5.41, 5.74) is 0.982. The number of carbonyl (C=O) groups excluding carboxylic acids is 2. The maximum Gasteiger partial charge on any atom is 0.327 e. The molecule has 23 heavy (non-hydrogen) atoms. The van der Waals surface area contributed by atoms with Gasteiger partial charge in [-0.3, -0.25) is 19.9 Å². The zero-order valence-corrected chi connectivity index (χ0v) is 14.0. The third kappa shape index (κ3) is 2.73. The second-order valence-electron chi connectivity index (χ2n) is 5.87. The zero-order chi connectivity index (χ0) is 16.7. The van der Waals surface area contributed by atoms with Gasteiger partial charge in [-0.1, -0.05) is 35.9 Å². The van der Waals surface area contributed by atoms with Gasteiger partial charge in [-0.25, -0.2) is 4.79 Å². The Kier molecular flexibility index (Phi) is 4.14. The third-order valence-corrected chi connectivity index (χ3v) is 4.64. The van der Waals surface area contributed by atoms with Crippen LogP contribution in [0.1, 0.15) is 5.56 Å². The molecule has 2 heterocycles. The SMILES string of the molecule is CN1C(=O)C2NC(/C=C/c3cccc(Cl)c3)N(C)C2N(C)C1=O. The predicted molar refractivity (Wildman–Crippen MR) is 88.7 cm³/mol. The molecule has 1 aromatic rings. The highest BCUT2D eigenvalue weighted by Crippen LogP contribution is 2.25. The molecule has 1 aromatic carbocycles. The van der Waals surface area contributed by atoms with E-state index in [1.54, 1.807) is 11.9 Å². The summed E-state index contributed by atoms with van der Waals surface area (Å²) in [4.78, 5) is 29.1. The summed E-state index contributed by atoms with van der Waals surface area (Å²) in [5, 5.41) is 3.96. The standard InChI is InChI=1S/C16H19ClN4O2/c1-19-12(8-7-10-5-4-6-11(17)9-10)18-13-14(19)20(2)16(23)21(3)15(13)22/h4-9,12-14,18H,1-3H3/b8-7+. The lowest BCUT2D eigenvalue weighted by molar-refractivity contribution is -0.134. The minimum Gasteiger partial charge on any atom is -0.309 e. The summed E-state index contributed by atoms with van der Waals surface area (Å²) in [6, 6.07) is 6.82. The minimum atomic E-state index is -0.429. The van der Waals surface area contributed by atoms with E-state index in [1.807, 2.05) is 48.4 Å². The normalized spacial score (nSPS) is 28.8. The Morgan fingerprint density at radius 3 is 2.65 bits per heavy atom. The van der Waals surface area contributed by atoms with E-state index in [2.05, 4.69) is 5.32 Å². The molecule has 3 amide bonds. The summed E-state index contributed by atoms with van der Waals surface area (Å²) in [5.74, 6) is -0.205. The molecule has 7 heteroatoms. The molecule has 3 atom stereocenters. The lowest BCUT2D eigenvalue weighted by atomic mass is 10.1. The molecule has 2 fully saturated rings. The first kappa shape index (κ1) is 16.0. The van der Waals surface area contributed by atoms with Gasteiger partial charge in [0, 0.05) is 19.1 Å². The van der Waals surface area contributed by atoms with Gasteiger partial charge in [0.2, 0.25) is 0 Å². The molecule has 122 valence electrons. The number of fused-ring (bicyclic) bond motifs is 1. The predicted octanol–water partition coefficient (Wildman–Crippen LogP) is 1.43. The Bertz CT molecular complexity index is 678. The van der Waals surface area contributed by atoms with Crippen LogP contribution in [0.2, 0.25) is 5.02 Å². The van der Waals surface area contributed by atoms with Gasteiger partial charge in [-0.15, -0.1) is 0 Å². The second kappa shape index (κ2) is 5.96. The van der Waals surface area contributed by atoms with Crippen LogP contribution in [0.4, 0.5) is 4.79 Å². The Morgan fingerprint density at radius 2 is 1.96 bits per heavy atom. The van der Waals surface area contributed by atoms with Crippen LogP contribution in [-0.2, 0) is 4.79 Å². The lowest BCUT2D eigenvalue weighted by Gasteiger charge is -2.40. The van der Waals surface area contributed by atoms with Crippen LogP contribution in [0.5, 0.6) is 0 Å². The van der Waals surface area contributed by atoms with E-state index in [1.165, 1.54) is 7.05 Å². The van der Waals surface area contributed by atoms with Crippen LogP contribution in [0.25, 0.3) is 6.08 Å². The van der Waals surface area contributed by atoms with E-state index in [-0.39, 0.29) is 24.3 Å². The van der Waals surface area contributed by atoms with Crippen molar-refractivity contribution in [3.05, 3.63) is 40.9 Å². The number of imide groups is 1. The van der Waals surface area contributed by atoms with Gasteiger partial charge in [0.25, 0.3) is 5.91 Å². The summed E-state index contributed by atoms with van der Waals surface area (Å²) in [7, 11) is 5.12. The number of amides is 3. The van der Waals surface area contributed by atoms with Crippen molar-refractivity contribution in [3.8, 4) is 0 Å². The lowest BCUT2D eigenvalue weighted by Crippen LogP contribution is -2.64. The number of hydrogen-bond donors (Lipinski definition) is 1. The largest absolute Gasteiger partial charge is 0.327 e. The molecular weight excluding hydrogens is 316 g/mol. The molecule has 3 rings (SSSR count). The third-order valence-electron chi connectivity index (χ3n) is 4.41. The number of benzene rings is 1. The highest BCUT2D eigenvalue weighted by molar-refractivity contribution is 6.30. The first-order valence-electron chi connectivity index (χ1n) is 7.36. The van der Waals surface area contributed by atoms with Gasteiger partial charge in [0.1, 0.15) is 12.2 Å². The van der Waals surface area contributed by atoms with Gasteiger partial charge in [-0.2, -0.15) is 0 Å². The molecule has 2 aliphatic rings. The highest BCUT2D eigenvalue weighted by Gasteiger charge is 2.51. The fourth-order valence-electron chi connectivity index (χ4n) is 3.14. The van der Waals surface area contributed by atoms with Crippen molar-refractivity contribution in [2.75, 3.05) is 21.1 Å². The smallest absolute Gasteiger partial charge is 0.309 e. The maximum atomic E-state index is 12.3. The van der Waals surface area contributed by atoms with E-state index in [0.717, 1.165) is 10.5 Å². The molecular formula is C16H19ClN4O2. The highest BCUT2D eigenvalue weighted by atomic mass is 35.5. The van der Waals surface area contributed by atoms with Crippen LogP contribution in [0, 0.1) is 0 Å². The van der Waals surface area contributed by atoms with E-state index in [0.29, 0.717) is 5.02 Å². The van der Waals surface area contributed by atoms with Gasteiger partial charge in [0.05, 0.1) is 6.17 Å². The molecule has 2 saturated heterocycles. The van der Waals surface area contributed by atoms with Gasteiger partial charge < -0.3 is 4.90 Å². The number of carbonyl (C=O) groups is 2. The summed E-state index contributed by atoms with van der Waals surface area (Å²) in [6.45, 7) is 0. The van der Waals surface area contributed by atoms with Crippen molar-refractivity contribution in [2.24, 2.45) is 0 Å². The summed E-state index contributed by atoms with van der Waals surface area (Å²) in [6.07, 6.45) is 3.48. The topological polar surface area (TPSA) is 55.9 Å². The van der Waals surface area contributed by atoms with Crippen molar-refractivity contribution < 1.29 is 9.59 Å². The molecule has 2 aliphatic heterocycles. The number of rotatable bonds is 2. The summed E-state index contributed by atoms with van der Waals surface area (Å²) < 4.78 is 0. The Hall–Kier alpha value is -1.89. The maximum absolute atomic E-state index is 12.3. The van der Waals surface area contributed by atoms with E-state index in [9.17, 15) is 9.59 Å². The Morgan fingerprint density at radius 1 is 1.22 bits per heavy atom. The van der Waals surface area contributed by atoms with Crippen molar-refractivity contribution in [1.29, 1.82) is 0 Å². The van der Waals surface area contributed by atoms with Crippen LogP contribution in [-0.4, -0.2) is 66.2 Å². The van der Waals surface area contributed by atoms with Crippen molar-refractivity contribution in [3.63, 3.8) is 0 Å². The van der Waals surface area contributed by atoms with Crippen molar-refractivity contribution in [2.45, 2.75) is 18.4 Å². The van der Waals surface area contributed by atoms with E-state index in [4.69, 9.17) is 11.6 Å². The van der Waals surface area contributed by atoms with Crippen molar-refractivity contribution in [1.82, 2.24) is 20.0 Å². The second-order valence-corrected chi connectivity index (χ2v) is 6.31. The number of hydrogen-bond acceptors (Lipinski definition) is 4. The van der Waals surface area contributed by atoms with Gasteiger partial charge in [0.15, 0.2) is 0 Å². The molecule has 6 nitrogen and oxygen atoms in total. The Labute approximate surface area is 140 Å². The molecule has 1 N–H and O–H groups in total. The van der Waals surface area contributed by atoms with E-state index < -0.39 is 6.04 Å². The fourth-order valence-corrected chi connectivity index (χ4v) is 3.34. The molecule has 0 aliphatic carbocycles. The van der Waals surface area contributed by atoms with Gasteiger partial charge in [-0.05, 0) is 24.7 Å². The molecule has 0 bridgehead atoms. The van der Waals surface area contributed by atoms with Crippen LogP contribution >= 0.6 is 11.6 Å². The van der Waals surface area contributed by atoms with Crippen molar-refractivity contribution >= 4 is 29.6 Å². The van der Waals surface area contributed by atoms with Crippen LogP contribution in [0.15, 0.2) is 30.3 Å². The number of likely N-dealkylation sites (N-methyl/N-ethyl adjacent to an activating group) is 3. The molecule has 0 aromatic heterocycles. The average molecular weight is 335 g/mol. The van der Waals surface area contributed by atoms with Crippen LogP contribution in [0.3, 0.4) is 0 Å². The number of halogens is 1. The molecule has 0 spiro atoms. The minimum absolute atomic E-state index is 0.144. The monoisotopic (exact) mass is 334 g/mol. The first-order chi connectivity index (χ1) is 10.9. The zero-order valence-electron chi connectivity index (χ0n) is 13.2. The fraction of sp³-hybridized carbons (Fsp3) is 0.375. The average Bonchev–Trinajstić information content (AvgIpc) is 2.86. The molecule has 3 unspecified atom stereocenters. The van der Waals surface area contributed by atoms with Gasteiger partial charge >= 0.3 is 6.03 Å². The molecule has 0 radical (unpaired) electrons. The quantitative estimate of drug-likeness (QED) is 0.889. The number of nitrogens with zero attached hydrogens (tertiary/aromatic N) is 3.